The number of ether oxygens (including phenoxy) is 1. The second kappa shape index (κ2) is 6.76. The Balaban J connectivity index is 2.43. The van der Waals surface area contributed by atoms with Crippen molar-refractivity contribution < 1.29 is 9.53 Å². The van der Waals surface area contributed by atoms with Crippen LogP contribution < -0.4 is 5.56 Å². The fourth-order valence-electron chi connectivity index (χ4n) is 1.98. The Bertz CT molecular complexity index is 712. The van der Waals surface area contributed by atoms with Crippen molar-refractivity contribution in [3.05, 3.63) is 34.6 Å². The van der Waals surface area contributed by atoms with Crippen molar-refractivity contribution >= 4 is 28.6 Å². The Kier molecular flexibility index (Phi) is 5.01. The van der Waals surface area contributed by atoms with E-state index in [-0.39, 0.29) is 11.5 Å². The molecule has 1 atom stereocenters. The first-order valence-electron chi connectivity index (χ1n) is 6.91. The Labute approximate surface area is 127 Å². The zero-order chi connectivity index (χ0) is 15.4. The number of benzene rings is 1. The van der Waals surface area contributed by atoms with Gasteiger partial charge in [-0.3, -0.25) is 14.2 Å². The summed E-state index contributed by atoms with van der Waals surface area (Å²) >= 11 is 1.25. The van der Waals surface area contributed by atoms with Crippen LogP contribution in [0.2, 0.25) is 0 Å². The summed E-state index contributed by atoms with van der Waals surface area (Å²) in [6.07, 6.45) is 0. The summed E-state index contributed by atoms with van der Waals surface area (Å²) in [5, 5.41) is 0.727. The molecule has 0 spiro atoms. The lowest BCUT2D eigenvalue weighted by Gasteiger charge is -2.14. The molecular formula is C15H18N2O3S. The normalized spacial score (nSPS) is 12.3. The summed E-state index contributed by atoms with van der Waals surface area (Å²) < 4.78 is 6.58. The first-order valence-corrected chi connectivity index (χ1v) is 7.79. The number of nitrogens with zero attached hydrogens (tertiary/aromatic N) is 2. The van der Waals surface area contributed by atoms with Crippen LogP contribution in [-0.4, -0.2) is 27.4 Å². The molecule has 0 N–H and O–H groups in total. The van der Waals surface area contributed by atoms with Gasteiger partial charge in [-0.15, -0.1) is 0 Å². The first-order chi connectivity index (χ1) is 10.1. The van der Waals surface area contributed by atoms with Crippen LogP contribution in [0.15, 0.2) is 34.2 Å². The molecule has 1 heterocycles. The SMILES string of the molecule is CCOC(=O)[C@H](C)Sc1nc2ccccc2c(=O)n1CC. The third-order valence-electron chi connectivity index (χ3n) is 3.04. The number of esters is 1. The number of carbonyl (C=O) groups excluding carboxylic acids is 1. The maximum Gasteiger partial charge on any atom is 0.319 e. The van der Waals surface area contributed by atoms with Crippen LogP contribution in [0.4, 0.5) is 0 Å². The fraction of sp³-hybridized carbons (Fsp3) is 0.400. The highest BCUT2D eigenvalue weighted by Crippen LogP contribution is 2.23. The zero-order valence-corrected chi connectivity index (χ0v) is 13.1. The van der Waals surface area contributed by atoms with E-state index >= 15 is 0 Å². The average Bonchev–Trinajstić information content (AvgIpc) is 2.48. The van der Waals surface area contributed by atoms with Gasteiger partial charge in [0, 0.05) is 6.54 Å². The van der Waals surface area contributed by atoms with Gasteiger partial charge in [-0.25, -0.2) is 4.98 Å². The molecule has 5 nitrogen and oxygen atoms in total. The molecule has 2 rings (SSSR count). The van der Waals surface area contributed by atoms with Crippen LogP contribution >= 0.6 is 11.8 Å². The molecule has 0 fully saturated rings. The van der Waals surface area contributed by atoms with Crippen LogP contribution in [0.3, 0.4) is 0 Å². The highest BCUT2D eigenvalue weighted by Gasteiger charge is 2.19. The minimum Gasteiger partial charge on any atom is -0.465 e. The van der Waals surface area contributed by atoms with Crippen molar-refractivity contribution in [2.24, 2.45) is 0 Å². The monoisotopic (exact) mass is 306 g/mol. The quantitative estimate of drug-likeness (QED) is 0.482. The second-order valence-electron chi connectivity index (χ2n) is 4.47. The van der Waals surface area contributed by atoms with E-state index in [0.717, 1.165) is 0 Å². The Morgan fingerprint density at radius 3 is 2.76 bits per heavy atom. The lowest BCUT2D eigenvalue weighted by Crippen LogP contribution is -2.24. The largest absolute Gasteiger partial charge is 0.465 e. The maximum absolute atomic E-state index is 12.5. The number of carbonyl (C=O) groups is 1. The van der Waals surface area contributed by atoms with E-state index in [4.69, 9.17) is 4.74 Å². The molecule has 0 radical (unpaired) electrons. The lowest BCUT2D eigenvalue weighted by atomic mass is 10.2. The standard InChI is InChI=1S/C15H18N2O3S/c1-4-17-13(18)11-8-6-7-9-12(11)16-15(17)21-10(3)14(19)20-5-2/h6-10H,4-5H2,1-3H3/t10-/m0/s1. The van der Waals surface area contributed by atoms with Gasteiger partial charge in [0.1, 0.15) is 5.25 Å². The number of aromatic nitrogens is 2. The van der Waals surface area contributed by atoms with Crippen molar-refractivity contribution in [2.45, 2.75) is 37.7 Å². The number of fused-ring (bicyclic) bond motifs is 1. The van der Waals surface area contributed by atoms with Crippen molar-refractivity contribution in [3.63, 3.8) is 0 Å². The van der Waals surface area contributed by atoms with Crippen molar-refractivity contribution in [1.29, 1.82) is 0 Å². The highest BCUT2D eigenvalue weighted by atomic mass is 32.2. The fourth-order valence-corrected chi connectivity index (χ4v) is 2.95. The van der Waals surface area contributed by atoms with Gasteiger partial charge in [-0.2, -0.15) is 0 Å². The van der Waals surface area contributed by atoms with Crippen molar-refractivity contribution in [3.8, 4) is 0 Å². The molecule has 0 aliphatic rings. The molecule has 0 bridgehead atoms. The third kappa shape index (κ3) is 3.26. The molecule has 112 valence electrons. The number of hydrogen-bond donors (Lipinski definition) is 0. The molecule has 21 heavy (non-hydrogen) atoms. The Hall–Kier alpha value is -1.82. The topological polar surface area (TPSA) is 61.2 Å². The maximum atomic E-state index is 12.5. The van der Waals surface area contributed by atoms with Gasteiger partial charge in [0.25, 0.3) is 5.56 Å². The minimum absolute atomic E-state index is 0.0818. The summed E-state index contributed by atoms with van der Waals surface area (Å²) in [6.45, 7) is 6.26. The molecule has 0 aliphatic carbocycles. The zero-order valence-electron chi connectivity index (χ0n) is 12.3. The number of rotatable bonds is 5. The molecule has 1 aromatic carbocycles. The Morgan fingerprint density at radius 2 is 2.10 bits per heavy atom. The summed E-state index contributed by atoms with van der Waals surface area (Å²) in [6, 6.07) is 7.23. The van der Waals surface area contributed by atoms with Crippen molar-refractivity contribution in [1.82, 2.24) is 9.55 Å². The van der Waals surface area contributed by atoms with Gasteiger partial charge in [0.15, 0.2) is 5.16 Å². The van der Waals surface area contributed by atoms with Crippen LogP contribution in [-0.2, 0) is 16.1 Å². The van der Waals surface area contributed by atoms with Gasteiger partial charge in [0.2, 0.25) is 0 Å². The molecule has 0 saturated carbocycles. The number of para-hydroxylation sites is 1. The predicted octanol–water partition coefficient (Wildman–Crippen LogP) is 2.46. The van der Waals surface area contributed by atoms with Gasteiger partial charge in [-0.1, -0.05) is 23.9 Å². The van der Waals surface area contributed by atoms with Crippen LogP contribution in [0, 0.1) is 0 Å². The van der Waals surface area contributed by atoms with Gasteiger partial charge < -0.3 is 4.74 Å². The summed E-state index contributed by atoms with van der Waals surface area (Å²) in [7, 11) is 0. The second-order valence-corrected chi connectivity index (χ2v) is 5.78. The number of hydrogen-bond acceptors (Lipinski definition) is 5. The summed E-state index contributed by atoms with van der Waals surface area (Å²) in [5.74, 6) is -0.299. The van der Waals surface area contributed by atoms with Crippen LogP contribution in [0.5, 0.6) is 0 Å². The van der Waals surface area contributed by atoms with E-state index in [9.17, 15) is 9.59 Å². The average molecular weight is 306 g/mol. The smallest absolute Gasteiger partial charge is 0.319 e. The summed E-state index contributed by atoms with van der Waals surface area (Å²) in [5.41, 5.74) is 0.562. The van der Waals surface area contributed by atoms with E-state index in [1.165, 1.54) is 11.8 Å². The highest BCUT2D eigenvalue weighted by molar-refractivity contribution is 8.00. The van der Waals surface area contributed by atoms with E-state index in [2.05, 4.69) is 4.98 Å². The third-order valence-corrected chi connectivity index (χ3v) is 4.11. The van der Waals surface area contributed by atoms with E-state index in [1.807, 2.05) is 19.1 Å². The molecule has 1 aromatic heterocycles. The van der Waals surface area contributed by atoms with Crippen molar-refractivity contribution in [2.75, 3.05) is 6.61 Å². The molecule has 0 aliphatic heterocycles. The lowest BCUT2D eigenvalue weighted by molar-refractivity contribution is -0.142. The predicted molar refractivity (Wildman–Crippen MR) is 83.6 cm³/mol. The van der Waals surface area contributed by atoms with Gasteiger partial charge >= 0.3 is 5.97 Å². The van der Waals surface area contributed by atoms with Gasteiger partial charge in [0.05, 0.1) is 17.5 Å². The number of thioether (sulfide) groups is 1. The van der Waals surface area contributed by atoms with E-state index in [1.54, 1.807) is 30.5 Å². The molecule has 0 unspecified atom stereocenters. The summed E-state index contributed by atoms with van der Waals surface area (Å²) in [4.78, 5) is 28.7. The first kappa shape index (κ1) is 15.6. The van der Waals surface area contributed by atoms with Crippen LogP contribution in [0.25, 0.3) is 10.9 Å². The van der Waals surface area contributed by atoms with Gasteiger partial charge in [-0.05, 0) is 32.9 Å². The van der Waals surface area contributed by atoms with E-state index in [0.29, 0.717) is 29.2 Å². The molecular weight excluding hydrogens is 288 g/mol. The molecule has 0 saturated heterocycles. The molecule has 0 amide bonds. The van der Waals surface area contributed by atoms with E-state index < -0.39 is 5.25 Å². The molecule has 6 heteroatoms. The molecule has 2 aromatic rings. The minimum atomic E-state index is -0.407. The van der Waals surface area contributed by atoms with Crippen LogP contribution in [0.1, 0.15) is 20.8 Å². The Morgan fingerprint density at radius 1 is 1.38 bits per heavy atom.